The summed E-state index contributed by atoms with van der Waals surface area (Å²) in [5.74, 6) is 1.07. The number of hydrogen-bond donors (Lipinski definition) is 1. The Bertz CT molecular complexity index is 178. The quantitative estimate of drug-likeness (QED) is 0.766. The van der Waals surface area contributed by atoms with Crippen molar-refractivity contribution in [1.29, 1.82) is 0 Å². The largest absolute Gasteiger partial charge is 0.481 e. The summed E-state index contributed by atoms with van der Waals surface area (Å²) in [5.41, 5.74) is 0. The van der Waals surface area contributed by atoms with Crippen molar-refractivity contribution >= 4 is 17.7 Å². The summed E-state index contributed by atoms with van der Waals surface area (Å²) < 4.78 is 13.1. The van der Waals surface area contributed by atoms with E-state index in [1.807, 2.05) is 0 Å². The maximum atomic E-state index is 13.1. The average Bonchev–Trinajstić information content (AvgIpc) is 2.50. The highest BCUT2D eigenvalue weighted by molar-refractivity contribution is 7.99. The molecule has 0 bridgehead atoms. The van der Waals surface area contributed by atoms with Gasteiger partial charge in [-0.15, -0.1) is 0 Å². The second-order valence-corrected chi connectivity index (χ2v) is 4.71. The summed E-state index contributed by atoms with van der Waals surface area (Å²) in [6, 6.07) is 0. The number of aliphatic carboxylic acids is 1. The molecule has 13 heavy (non-hydrogen) atoms. The van der Waals surface area contributed by atoms with Crippen LogP contribution in [0, 0.1) is 11.8 Å². The highest BCUT2D eigenvalue weighted by Crippen LogP contribution is 2.34. The molecule has 2 nitrogen and oxygen atoms in total. The van der Waals surface area contributed by atoms with Crippen molar-refractivity contribution in [2.45, 2.75) is 25.9 Å². The van der Waals surface area contributed by atoms with Gasteiger partial charge in [-0.05, 0) is 30.8 Å². The van der Waals surface area contributed by atoms with E-state index in [1.165, 1.54) is 6.92 Å². The standard InChI is InChI=1S/C9H15FO2S/c1-6(10)8(4-9(11)12)7-2-3-13-5-7/h6-8H,2-5H2,1H3,(H,11,12). The highest BCUT2D eigenvalue weighted by Gasteiger charge is 2.31. The SMILES string of the molecule is CC(F)C(CC(=O)O)C1CCSC1. The Kier molecular flexibility index (Phi) is 4.03. The molecule has 0 aliphatic carbocycles. The molecule has 0 radical (unpaired) electrons. The molecule has 0 amide bonds. The number of alkyl halides is 1. The lowest BCUT2D eigenvalue weighted by Gasteiger charge is -2.22. The Hall–Kier alpha value is -0.250. The van der Waals surface area contributed by atoms with Gasteiger partial charge in [-0.1, -0.05) is 0 Å². The second kappa shape index (κ2) is 4.84. The topological polar surface area (TPSA) is 37.3 Å². The number of thioether (sulfide) groups is 1. The van der Waals surface area contributed by atoms with Gasteiger partial charge in [0, 0.05) is 5.92 Å². The third-order valence-corrected chi connectivity index (χ3v) is 3.76. The second-order valence-electron chi connectivity index (χ2n) is 3.56. The van der Waals surface area contributed by atoms with Crippen LogP contribution in [0.25, 0.3) is 0 Å². The van der Waals surface area contributed by atoms with Crippen LogP contribution in [0.4, 0.5) is 4.39 Å². The molecule has 0 aromatic rings. The number of carboxylic acid groups (broad SMARTS) is 1. The predicted octanol–water partition coefficient (Wildman–Crippen LogP) is 2.19. The number of hydrogen-bond acceptors (Lipinski definition) is 2. The van der Waals surface area contributed by atoms with Crippen molar-refractivity contribution in [1.82, 2.24) is 0 Å². The first-order chi connectivity index (χ1) is 6.11. The van der Waals surface area contributed by atoms with Gasteiger partial charge in [0.15, 0.2) is 0 Å². The van der Waals surface area contributed by atoms with Gasteiger partial charge in [-0.3, -0.25) is 4.79 Å². The van der Waals surface area contributed by atoms with Gasteiger partial charge in [-0.2, -0.15) is 11.8 Å². The maximum Gasteiger partial charge on any atom is 0.303 e. The monoisotopic (exact) mass is 206 g/mol. The lowest BCUT2D eigenvalue weighted by Crippen LogP contribution is -2.25. The summed E-state index contributed by atoms with van der Waals surface area (Å²) in [6.07, 6.45) is -0.0560. The Labute approximate surface area is 81.9 Å². The van der Waals surface area contributed by atoms with Gasteiger partial charge in [0.05, 0.1) is 6.42 Å². The molecule has 3 unspecified atom stereocenters. The first-order valence-corrected chi connectivity index (χ1v) is 5.70. The van der Waals surface area contributed by atoms with Gasteiger partial charge >= 0.3 is 5.97 Å². The molecule has 3 atom stereocenters. The number of halogens is 1. The first-order valence-electron chi connectivity index (χ1n) is 4.55. The van der Waals surface area contributed by atoms with Crippen molar-refractivity contribution in [2.24, 2.45) is 11.8 Å². The molecule has 1 rings (SSSR count). The summed E-state index contributed by atoms with van der Waals surface area (Å²) in [5, 5.41) is 8.62. The van der Waals surface area contributed by atoms with Gasteiger partial charge in [-0.25, -0.2) is 4.39 Å². The number of carboxylic acids is 1. The number of rotatable bonds is 4. The van der Waals surface area contributed by atoms with Crippen molar-refractivity contribution in [2.75, 3.05) is 11.5 Å². The van der Waals surface area contributed by atoms with E-state index < -0.39 is 12.1 Å². The molecule has 76 valence electrons. The third-order valence-electron chi connectivity index (χ3n) is 2.57. The third kappa shape index (κ3) is 3.18. The normalized spacial score (nSPS) is 27.1. The summed E-state index contributed by atoms with van der Waals surface area (Å²) in [7, 11) is 0. The van der Waals surface area contributed by atoms with Crippen LogP contribution in [0.2, 0.25) is 0 Å². The van der Waals surface area contributed by atoms with Crippen LogP contribution < -0.4 is 0 Å². The zero-order valence-corrected chi connectivity index (χ0v) is 8.52. The maximum absolute atomic E-state index is 13.1. The van der Waals surface area contributed by atoms with E-state index in [-0.39, 0.29) is 18.3 Å². The molecule has 1 aliphatic heterocycles. The fourth-order valence-corrected chi connectivity index (χ4v) is 3.15. The first kappa shape index (κ1) is 10.8. The predicted molar refractivity (Wildman–Crippen MR) is 51.7 cm³/mol. The van der Waals surface area contributed by atoms with Crippen LogP contribution in [-0.2, 0) is 4.79 Å². The lowest BCUT2D eigenvalue weighted by atomic mass is 9.86. The van der Waals surface area contributed by atoms with Crippen molar-refractivity contribution < 1.29 is 14.3 Å². The molecule has 0 spiro atoms. The minimum absolute atomic E-state index is 0.0249. The van der Waals surface area contributed by atoms with Crippen molar-refractivity contribution in [3.63, 3.8) is 0 Å². The zero-order valence-electron chi connectivity index (χ0n) is 7.70. The summed E-state index contributed by atoms with van der Waals surface area (Å²) >= 11 is 1.80. The van der Waals surface area contributed by atoms with Crippen LogP contribution in [0.15, 0.2) is 0 Å². The molecule has 1 N–H and O–H groups in total. The van der Waals surface area contributed by atoms with Crippen molar-refractivity contribution in [3.8, 4) is 0 Å². The lowest BCUT2D eigenvalue weighted by molar-refractivity contribution is -0.139. The molecule has 1 fully saturated rings. The molecule has 4 heteroatoms. The molecule has 0 aromatic carbocycles. The van der Waals surface area contributed by atoms with E-state index in [2.05, 4.69) is 0 Å². The Balaban J connectivity index is 2.50. The summed E-state index contributed by atoms with van der Waals surface area (Å²) in [4.78, 5) is 10.5. The molecule has 0 aromatic heterocycles. The fraction of sp³-hybridized carbons (Fsp3) is 0.889. The van der Waals surface area contributed by atoms with E-state index in [0.29, 0.717) is 0 Å². The molecular formula is C9H15FO2S. The van der Waals surface area contributed by atoms with Crippen LogP contribution in [-0.4, -0.2) is 28.8 Å². The Morgan fingerprint density at radius 1 is 1.77 bits per heavy atom. The Morgan fingerprint density at radius 2 is 2.46 bits per heavy atom. The van der Waals surface area contributed by atoms with E-state index in [1.54, 1.807) is 11.8 Å². The van der Waals surface area contributed by atoms with E-state index in [0.717, 1.165) is 17.9 Å². The minimum atomic E-state index is -1.00. The molecule has 1 heterocycles. The Morgan fingerprint density at radius 3 is 2.85 bits per heavy atom. The van der Waals surface area contributed by atoms with Gasteiger partial charge in [0.2, 0.25) is 0 Å². The average molecular weight is 206 g/mol. The smallest absolute Gasteiger partial charge is 0.303 e. The van der Waals surface area contributed by atoms with Crippen LogP contribution in [0.3, 0.4) is 0 Å². The molecule has 1 aliphatic rings. The van der Waals surface area contributed by atoms with Crippen LogP contribution in [0.5, 0.6) is 0 Å². The minimum Gasteiger partial charge on any atom is -0.481 e. The van der Waals surface area contributed by atoms with Gasteiger partial charge < -0.3 is 5.11 Å². The van der Waals surface area contributed by atoms with Gasteiger partial charge in [0.25, 0.3) is 0 Å². The van der Waals surface area contributed by atoms with Crippen molar-refractivity contribution in [3.05, 3.63) is 0 Å². The van der Waals surface area contributed by atoms with Crippen LogP contribution >= 0.6 is 11.8 Å². The summed E-state index contributed by atoms with van der Waals surface area (Å²) in [6.45, 7) is 1.47. The van der Waals surface area contributed by atoms with Crippen LogP contribution in [0.1, 0.15) is 19.8 Å². The van der Waals surface area contributed by atoms with E-state index in [4.69, 9.17) is 5.11 Å². The highest BCUT2D eigenvalue weighted by atomic mass is 32.2. The molecule has 1 saturated heterocycles. The zero-order chi connectivity index (χ0) is 9.84. The van der Waals surface area contributed by atoms with Gasteiger partial charge in [0.1, 0.15) is 6.17 Å². The van der Waals surface area contributed by atoms with E-state index in [9.17, 15) is 9.18 Å². The molecular weight excluding hydrogens is 191 g/mol. The number of carbonyl (C=O) groups is 1. The molecule has 0 saturated carbocycles. The van der Waals surface area contributed by atoms with E-state index >= 15 is 0 Å². The fourth-order valence-electron chi connectivity index (χ4n) is 1.80.